The van der Waals surface area contributed by atoms with E-state index in [4.69, 9.17) is 5.73 Å². The van der Waals surface area contributed by atoms with Crippen molar-refractivity contribution in [3.8, 4) is 11.1 Å². The Kier molecular flexibility index (Phi) is 3.56. The van der Waals surface area contributed by atoms with Crippen LogP contribution in [0.15, 0.2) is 36.5 Å². The number of hydrogen-bond donors (Lipinski definition) is 2. The molecule has 0 saturated heterocycles. The maximum Gasteiger partial charge on any atom is 0.267 e. The molecule has 114 valence electrons. The minimum absolute atomic E-state index is 0.434. The molecule has 3 N–H and O–H groups in total. The summed E-state index contributed by atoms with van der Waals surface area (Å²) in [7, 11) is 3.86. The summed E-state index contributed by atoms with van der Waals surface area (Å²) < 4.78 is 0. The van der Waals surface area contributed by atoms with E-state index in [9.17, 15) is 10.0 Å². The normalized spacial score (nSPS) is 17.4. The van der Waals surface area contributed by atoms with Gasteiger partial charge in [-0.3, -0.25) is 10.0 Å². The monoisotopic (exact) mass is 298 g/mol. The highest BCUT2D eigenvalue weighted by atomic mass is 16.5. The first-order valence-corrected chi connectivity index (χ1v) is 7.02. The summed E-state index contributed by atoms with van der Waals surface area (Å²) in [5.41, 5.74) is 8.86. The molecule has 2 aromatic rings. The van der Waals surface area contributed by atoms with Gasteiger partial charge in [-0.2, -0.15) is 5.06 Å². The predicted octanol–water partition coefficient (Wildman–Crippen LogP) is 1.42. The number of carbonyl (C=O) groups excluding carboxylic acids is 1. The van der Waals surface area contributed by atoms with E-state index in [1.165, 1.54) is 0 Å². The van der Waals surface area contributed by atoms with E-state index < -0.39 is 11.9 Å². The lowest BCUT2D eigenvalue weighted by atomic mass is 9.96. The Morgan fingerprint density at radius 2 is 2.00 bits per heavy atom. The molecule has 6 nitrogen and oxygen atoms in total. The van der Waals surface area contributed by atoms with E-state index in [-0.39, 0.29) is 0 Å². The number of hydrogen-bond acceptors (Lipinski definition) is 5. The molecule has 1 unspecified atom stereocenters. The van der Waals surface area contributed by atoms with Crippen molar-refractivity contribution < 1.29 is 10.0 Å². The number of pyridine rings is 1. The highest BCUT2D eigenvalue weighted by molar-refractivity contribution is 5.98. The zero-order valence-electron chi connectivity index (χ0n) is 12.5. The lowest BCUT2D eigenvalue weighted by molar-refractivity contribution is -0.125. The van der Waals surface area contributed by atoms with Gasteiger partial charge in [0.15, 0.2) is 0 Å². The van der Waals surface area contributed by atoms with Gasteiger partial charge in [0.05, 0.1) is 11.7 Å². The van der Waals surface area contributed by atoms with Crippen LogP contribution in [-0.4, -0.2) is 36.2 Å². The van der Waals surface area contributed by atoms with Gasteiger partial charge in [0.2, 0.25) is 0 Å². The first-order chi connectivity index (χ1) is 10.5. The molecule has 3 rings (SSSR count). The average Bonchev–Trinajstić information content (AvgIpc) is 2.52. The van der Waals surface area contributed by atoms with Gasteiger partial charge in [0, 0.05) is 25.9 Å². The Morgan fingerprint density at radius 3 is 2.64 bits per heavy atom. The number of fused-ring (bicyclic) bond motifs is 1. The topological polar surface area (TPSA) is 82.7 Å². The van der Waals surface area contributed by atoms with Crippen molar-refractivity contribution in [2.24, 2.45) is 5.73 Å². The molecule has 1 aliphatic heterocycles. The number of hydroxylamine groups is 1. The molecule has 0 radical (unpaired) electrons. The number of amides is 1. The van der Waals surface area contributed by atoms with Crippen LogP contribution >= 0.6 is 0 Å². The molecule has 1 amide bonds. The lowest BCUT2D eigenvalue weighted by Crippen LogP contribution is -2.47. The second kappa shape index (κ2) is 5.40. The average molecular weight is 298 g/mol. The predicted molar refractivity (Wildman–Crippen MR) is 85.0 cm³/mol. The summed E-state index contributed by atoms with van der Waals surface area (Å²) >= 11 is 0. The highest BCUT2D eigenvalue weighted by Gasteiger charge is 2.29. The van der Waals surface area contributed by atoms with E-state index in [0.717, 1.165) is 22.5 Å². The standard InChI is InChI=1S/C16H18N4O2/c1-19(2)15-6-5-12(9-18-15)10-3-4-11-7-13(17)16(21)20(22)14(11)8-10/h3-6,8-9,13,22H,7,17H2,1-2H3. The summed E-state index contributed by atoms with van der Waals surface area (Å²) in [6.07, 6.45) is 2.21. The number of rotatable bonds is 2. The second-order valence-corrected chi connectivity index (χ2v) is 5.60. The molecule has 1 aliphatic rings. The van der Waals surface area contributed by atoms with Crippen LogP contribution in [0.1, 0.15) is 5.56 Å². The van der Waals surface area contributed by atoms with Crippen LogP contribution < -0.4 is 15.7 Å². The molecular weight excluding hydrogens is 280 g/mol. The maximum atomic E-state index is 11.8. The summed E-state index contributed by atoms with van der Waals surface area (Å²) in [4.78, 5) is 18.1. The minimum atomic E-state index is -0.690. The van der Waals surface area contributed by atoms with Gasteiger partial charge < -0.3 is 10.6 Å². The first kappa shape index (κ1) is 14.5. The second-order valence-electron chi connectivity index (χ2n) is 5.60. The Bertz CT molecular complexity index is 713. The van der Waals surface area contributed by atoms with E-state index in [2.05, 4.69) is 4.98 Å². The smallest absolute Gasteiger partial charge is 0.267 e. The van der Waals surface area contributed by atoms with Gasteiger partial charge in [0.1, 0.15) is 5.82 Å². The van der Waals surface area contributed by atoms with Crippen molar-refractivity contribution in [3.63, 3.8) is 0 Å². The molecule has 0 fully saturated rings. The fraction of sp³-hybridized carbons (Fsp3) is 0.250. The van der Waals surface area contributed by atoms with E-state index in [0.29, 0.717) is 17.2 Å². The van der Waals surface area contributed by atoms with E-state index in [1.807, 2.05) is 43.3 Å². The Morgan fingerprint density at radius 1 is 1.27 bits per heavy atom. The lowest BCUT2D eigenvalue weighted by Gasteiger charge is -2.28. The van der Waals surface area contributed by atoms with Crippen LogP contribution in [0.5, 0.6) is 0 Å². The van der Waals surface area contributed by atoms with E-state index >= 15 is 0 Å². The van der Waals surface area contributed by atoms with Gasteiger partial charge in [-0.1, -0.05) is 12.1 Å². The quantitative estimate of drug-likeness (QED) is 0.819. The summed E-state index contributed by atoms with van der Waals surface area (Å²) in [6, 6.07) is 8.81. The van der Waals surface area contributed by atoms with Crippen molar-refractivity contribution >= 4 is 17.4 Å². The molecule has 1 aromatic heterocycles. The van der Waals surface area contributed by atoms with Crippen molar-refractivity contribution in [2.75, 3.05) is 24.1 Å². The van der Waals surface area contributed by atoms with Crippen molar-refractivity contribution in [1.29, 1.82) is 0 Å². The Labute approximate surface area is 128 Å². The van der Waals surface area contributed by atoms with E-state index in [1.54, 1.807) is 12.3 Å². The molecule has 1 aromatic carbocycles. The molecule has 0 bridgehead atoms. The van der Waals surface area contributed by atoms with Crippen LogP contribution in [0.2, 0.25) is 0 Å². The van der Waals surface area contributed by atoms with Gasteiger partial charge in [0.25, 0.3) is 5.91 Å². The fourth-order valence-electron chi connectivity index (χ4n) is 2.53. The van der Waals surface area contributed by atoms with Gasteiger partial charge >= 0.3 is 0 Å². The summed E-state index contributed by atoms with van der Waals surface area (Å²) in [5, 5.41) is 10.6. The molecule has 0 saturated carbocycles. The molecule has 1 atom stereocenters. The van der Waals surface area contributed by atoms with Crippen molar-refractivity contribution in [1.82, 2.24) is 4.98 Å². The molecule has 0 spiro atoms. The number of nitrogens with zero attached hydrogens (tertiary/aromatic N) is 3. The number of carbonyl (C=O) groups is 1. The van der Waals surface area contributed by atoms with Crippen LogP contribution in [0.4, 0.5) is 11.5 Å². The van der Waals surface area contributed by atoms with Gasteiger partial charge in [-0.15, -0.1) is 0 Å². The van der Waals surface area contributed by atoms with Crippen LogP contribution in [0, 0.1) is 0 Å². The molecule has 6 heteroatoms. The first-order valence-electron chi connectivity index (χ1n) is 7.02. The third kappa shape index (κ3) is 2.43. The maximum absolute atomic E-state index is 11.8. The summed E-state index contributed by atoms with van der Waals surface area (Å²) in [5.74, 6) is 0.386. The molecular formula is C16H18N4O2. The molecule has 2 heterocycles. The third-order valence-corrected chi connectivity index (χ3v) is 3.82. The third-order valence-electron chi connectivity index (χ3n) is 3.82. The highest BCUT2D eigenvalue weighted by Crippen LogP contribution is 2.31. The number of aromatic nitrogens is 1. The Balaban J connectivity index is 1.98. The minimum Gasteiger partial charge on any atom is -0.363 e. The van der Waals surface area contributed by atoms with Gasteiger partial charge in [-0.25, -0.2) is 4.98 Å². The summed E-state index contributed by atoms with van der Waals surface area (Å²) in [6.45, 7) is 0. The zero-order chi connectivity index (χ0) is 15.9. The number of benzene rings is 1. The van der Waals surface area contributed by atoms with Crippen LogP contribution in [0.25, 0.3) is 11.1 Å². The van der Waals surface area contributed by atoms with Crippen molar-refractivity contribution in [3.05, 3.63) is 42.1 Å². The largest absolute Gasteiger partial charge is 0.363 e. The fourth-order valence-corrected chi connectivity index (χ4v) is 2.53. The zero-order valence-corrected chi connectivity index (χ0v) is 12.5. The molecule has 0 aliphatic carbocycles. The van der Waals surface area contributed by atoms with Crippen LogP contribution in [-0.2, 0) is 11.2 Å². The molecule has 22 heavy (non-hydrogen) atoms. The van der Waals surface area contributed by atoms with Crippen LogP contribution in [0.3, 0.4) is 0 Å². The number of nitrogens with two attached hydrogens (primary N) is 1. The number of anilines is 2. The van der Waals surface area contributed by atoms with Gasteiger partial charge in [-0.05, 0) is 35.7 Å². The van der Waals surface area contributed by atoms with Crippen molar-refractivity contribution in [2.45, 2.75) is 12.5 Å². The Hall–Kier alpha value is -2.44. The SMILES string of the molecule is CN(C)c1ccc(-c2ccc3c(c2)N(O)C(=O)C(N)C3)cn1.